The van der Waals surface area contributed by atoms with Crippen molar-refractivity contribution in [1.82, 2.24) is 0 Å². The number of carbonyl (C=O) groups is 1. The molecule has 0 aromatic heterocycles. The summed E-state index contributed by atoms with van der Waals surface area (Å²) in [7, 11) is 0. The molecule has 0 saturated heterocycles. The molecule has 0 amide bonds. The third-order valence-corrected chi connectivity index (χ3v) is 3.52. The summed E-state index contributed by atoms with van der Waals surface area (Å²) in [5.41, 5.74) is 0. The number of aldehydes is 1. The Morgan fingerprint density at radius 1 is 0.889 bits per heavy atom. The van der Waals surface area contributed by atoms with Crippen molar-refractivity contribution < 1.29 is 14.8 Å². The Hall–Kier alpha value is -2.53. The summed E-state index contributed by atoms with van der Waals surface area (Å²) in [5.74, 6) is 0. The number of rotatable bonds is 15. The highest BCUT2D eigenvalue weighted by Crippen LogP contribution is 2.07. The van der Waals surface area contributed by atoms with Gasteiger partial charge in [0.15, 0.2) is 0 Å². The molecule has 0 heterocycles. The molecule has 0 spiro atoms. The largest absolute Gasteiger partial charge is 0.385 e. The highest BCUT2D eigenvalue weighted by molar-refractivity contribution is 5.49. The van der Waals surface area contributed by atoms with Gasteiger partial charge < -0.3 is 9.90 Å². The van der Waals surface area contributed by atoms with Gasteiger partial charge in [-0.15, -0.1) is 0 Å². The van der Waals surface area contributed by atoms with Crippen LogP contribution in [0.5, 0.6) is 0 Å². The molecule has 0 aromatic carbocycles. The first-order valence-corrected chi connectivity index (χ1v) is 9.33. The van der Waals surface area contributed by atoms with Crippen LogP contribution in [0.1, 0.15) is 45.4 Å². The van der Waals surface area contributed by atoms with E-state index < -0.39 is 17.1 Å². The van der Waals surface area contributed by atoms with Crippen molar-refractivity contribution in [3.8, 4) is 0 Å². The van der Waals surface area contributed by atoms with Crippen molar-refractivity contribution in [2.75, 3.05) is 0 Å². The molecule has 2 unspecified atom stereocenters. The maximum atomic E-state index is 11.1. The molecule has 27 heavy (non-hydrogen) atoms. The monoisotopic (exact) mass is 373 g/mol. The van der Waals surface area contributed by atoms with Crippen LogP contribution in [0, 0.1) is 10.1 Å². The van der Waals surface area contributed by atoms with Crippen molar-refractivity contribution in [3.05, 3.63) is 83.0 Å². The molecule has 0 aromatic rings. The summed E-state index contributed by atoms with van der Waals surface area (Å²) in [4.78, 5) is 20.8. The van der Waals surface area contributed by atoms with Crippen molar-refractivity contribution in [2.45, 2.75) is 57.6 Å². The van der Waals surface area contributed by atoms with Crippen molar-refractivity contribution in [1.29, 1.82) is 0 Å². The third kappa shape index (κ3) is 15.4. The van der Waals surface area contributed by atoms with E-state index >= 15 is 0 Å². The summed E-state index contributed by atoms with van der Waals surface area (Å²) in [6, 6.07) is -1.16. The van der Waals surface area contributed by atoms with E-state index in [0.717, 1.165) is 25.5 Å². The van der Waals surface area contributed by atoms with E-state index in [-0.39, 0.29) is 6.42 Å². The number of hydrogen-bond acceptors (Lipinski definition) is 4. The first-order valence-electron chi connectivity index (χ1n) is 9.33. The molecule has 0 rings (SSSR count). The lowest BCUT2D eigenvalue weighted by atomic mass is 10.1. The van der Waals surface area contributed by atoms with Gasteiger partial charge in [-0.05, 0) is 38.2 Å². The molecule has 0 aliphatic heterocycles. The van der Waals surface area contributed by atoms with E-state index in [1.165, 1.54) is 6.08 Å². The molecule has 0 bridgehead atoms. The van der Waals surface area contributed by atoms with Gasteiger partial charge in [0.2, 0.25) is 0 Å². The summed E-state index contributed by atoms with van der Waals surface area (Å²) < 4.78 is 0. The normalized spacial score (nSPS) is 15.2. The molecule has 148 valence electrons. The topological polar surface area (TPSA) is 80.4 Å². The fourth-order valence-corrected chi connectivity index (χ4v) is 2.07. The lowest BCUT2D eigenvalue weighted by Gasteiger charge is -2.10. The van der Waals surface area contributed by atoms with Crippen LogP contribution in [0.25, 0.3) is 0 Å². The maximum Gasteiger partial charge on any atom is 0.257 e. The zero-order valence-electron chi connectivity index (χ0n) is 16.0. The molecular formula is C22H31NO4. The van der Waals surface area contributed by atoms with Crippen LogP contribution in [-0.2, 0) is 4.79 Å². The van der Waals surface area contributed by atoms with Gasteiger partial charge in [-0.3, -0.25) is 10.1 Å². The number of allylic oxidation sites excluding steroid dienone is 10. The second-order valence-electron chi connectivity index (χ2n) is 5.81. The van der Waals surface area contributed by atoms with Crippen molar-refractivity contribution in [2.24, 2.45) is 0 Å². The first-order chi connectivity index (χ1) is 13.1. The molecule has 0 radical (unpaired) electrons. The van der Waals surface area contributed by atoms with Crippen LogP contribution in [0.3, 0.4) is 0 Å². The van der Waals surface area contributed by atoms with Crippen molar-refractivity contribution >= 4 is 6.29 Å². The molecule has 0 aliphatic rings. The number of aliphatic hydroxyl groups is 1. The highest BCUT2D eigenvalue weighted by Gasteiger charge is 2.25. The number of nitro groups is 1. The fraction of sp³-hybridized carbons (Fsp3) is 0.409. The van der Waals surface area contributed by atoms with Crippen LogP contribution < -0.4 is 0 Å². The number of hydrogen-bond donors (Lipinski definition) is 1. The SMILES string of the molecule is CC/C=C\C/C=C\C\C=C/C=C\C=C/C(C(O)C/C=C\CCC=O)[N+](=O)[O-]. The van der Waals surface area contributed by atoms with Crippen LogP contribution >= 0.6 is 0 Å². The maximum absolute atomic E-state index is 11.1. The van der Waals surface area contributed by atoms with Gasteiger partial charge in [-0.1, -0.05) is 73.8 Å². The van der Waals surface area contributed by atoms with Gasteiger partial charge in [-0.2, -0.15) is 0 Å². The molecule has 0 fully saturated rings. The van der Waals surface area contributed by atoms with E-state index in [9.17, 15) is 20.0 Å². The second kappa shape index (κ2) is 18.3. The fourth-order valence-electron chi connectivity index (χ4n) is 2.07. The average Bonchev–Trinajstić information content (AvgIpc) is 2.65. The van der Waals surface area contributed by atoms with E-state index in [4.69, 9.17) is 0 Å². The minimum atomic E-state index is -1.16. The Morgan fingerprint density at radius 3 is 2.22 bits per heavy atom. The number of nitrogens with zero attached hydrogens (tertiary/aromatic N) is 1. The van der Waals surface area contributed by atoms with Gasteiger partial charge in [0.1, 0.15) is 12.4 Å². The Morgan fingerprint density at radius 2 is 1.56 bits per heavy atom. The predicted octanol–water partition coefficient (Wildman–Crippen LogP) is 4.89. The molecule has 2 atom stereocenters. The molecule has 5 heteroatoms. The van der Waals surface area contributed by atoms with E-state index in [0.29, 0.717) is 12.8 Å². The van der Waals surface area contributed by atoms with E-state index in [1.54, 1.807) is 30.4 Å². The Kier molecular flexibility index (Phi) is 16.6. The van der Waals surface area contributed by atoms with Crippen molar-refractivity contribution in [3.63, 3.8) is 0 Å². The van der Waals surface area contributed by atoms with Crippen LogP contribution in [0.4, 0.5) is 0 Å². The Balaban J connectivity index is 4.27. The van der Waals surface area contributed by atoms with Gasteiger partial charge in [0, 0.05) is 11.3 Å². The molecular weight excluding hydrogens is 342 g/mol. The number of carbonyl (C=O) groups excluding carboxylic acids is 1. The smallest absolute Gasteiger partial charge is 0.257 e. The second-order valence-corrected chi connectivity index (χ2v) is 5.81. The zero-order chi connectivity index (χ0) is 20.2. The molecule has 0 aliphatic carbocycles. The molecule has 5 nitrogen and oxygen atoms in total. The minimum absolute atomic E-state index is 0.179. The predicted molar refractivity (Wildman–Crippen MR) is 111 cm³/mol. The number of aliphatic hydroxyl groups excluding tert-OH is 1. The minimum Gasteiger partial charge on any atom is -0.385 e. The van der Waals surface area contributed by atoms with E-state index in [2.05, 4.69) is 31.2 Å². The van der Waals surface area contributed by atoms with Crippen LogP contribution in [-0.4, -0.2) is 28.5 Å². The molecule has 0 saturated carbocycles. The quantitative estimate of drug-likeness (QED) is 0.111. The first kappa shape index (κ1) is 24.5. The van der Waals surface area contributed by atoms with Gasteiger partial charge in [0.05, 0.1) is 0 Å². The average molecular weight is 373 g/mol. The number of unbranched alkanes of at least 4 members (excludes halogenated alkanes) is 1. The zero-order valence-corrected chi connectivity index (χ0v) is 16.0. The van der Waals surface area contributed by atoms with E-state index in [1.807, 2.05) is 12.2 Å². The lowest BCUT2D eigenvalue weighted by molar-refractivity contribution is -0.520. The van der Waals surface area contributed by atoms with Crippen LogP contribution in [0.15, 0.2) is 72.9 Å². The summed E-state index contributed by atoms with van der Waals surface area (Å²) >= 11 is 0. The lowest BCUT2D eigenvalue weighted by Crippen LogP contribution is -2.31. The highest BCUT2D eigenvalue weighted by atomic mass is 16.6. The summed E-state index contributed by atoms with van der Waals surface area (Å²) in [5, 5.41) is 21.0. The summed E-state index contributed by atoms with van der Waals surface area (Å²) in [6.45, 7) is 2.10. The van der Waals surface area contributed by atoms with Gasteiger partial charge in [0.25, 0.3) is 6.04 Å². The van der Waals surface area contributed by atoms with Gasteiger partial charge >= 0.3 is 0 Å². The molecule has 1 N–H and O–H groups in total. The third-order valence-electron chi connectivity index (χ3n) is 3.52. The van der Waals surface area contributed by atoms with Gasteiger partial charge in [-0.25, -0.2) is 0 Å². The Labute approximate surface area is 162 Å². The van der Waals surface area contributed by atoms with Crippen LogP contribution in [0.2, 0.25) is 0 Å². The Bertz CT molecular complexity index is 571. The standard InChI is InChI=1S/C22H31NO4/c1-2-3-4-5-6-7-8-9-10-11-12-15-18-21(23(26)27)22(25)19-16-13-14-17-20-24/h3-4,6-7,9-13,15-16,18,20-22,25H,2,5,8,14,17,19H2,1H3/b4-3-,7-6-,10-9-,12-11-,16-13-,18-15-. The summed E-state index contributed by atoms with van der Waals surface area (Å²) in [6.07, 6.45) is 25.9.